The number of aromatic nitrogens is 2. The van der Waals surface area contributed by atoms with Crippen LogP contribution in [0.3, 0.4) is 0 Å². The monoisotopic (exact) mass is 319 g/mol. The first-order chi connectivity index (χ1) is 10.9. The predicted octanol–water partition coefficient (Wildman–Crippen LogP) is 2.71. The van der Waals surface area contributed by atoms with Crippen molar-refractivity contribution in [2.75, 3.05) is 13.7 Å². The highest BCUT2D eigenvalue weighted by Gasteiger charge is 2.18. The minimum Gasteiger partial charge on any atom is -0.496 e. The molecule has 0 unspecified atom stereocenters. The van der Waals surface area contributed by atoms with Crippen LogP contribution in [-0.2, 0) is 6.54 Å². The van der Waals surface area contributed by atoms with E-state index in [-0.39, 0.29) is 17.2 Å². The largest absolute Gasteiger partial charge is 0.496 e. The number of methoxy groups -OCH3 is 1. The van der Waals surface area contributed by atoms with Crippen LogP contribution in [0, 0.1) is 25.6 Å². The van der Waals surface area contributed by atoms with E-state index in [4.69, 9.17) is 4.74 Å². The first kappa shape index (κ1) is 17.0. The van der Waals surface area contributed by atoms with E-state index in [1.165, 1.54) is 19.2 Å². The number of carbonyl (C=O) groups excluding carboxylic acids is 1. The second-order valence-corrected chi connectivity index (χ2v) is 5.74. The molecule has 124 valence electrons. The highest BCUT2D eigenvalue weighted by atomic mass is 19.1. The van der Waals surface area contributed by atoms with Gasteiger partial charge in [0.1, 0.15) is 17.1 Å². The highest BCUT2D eigenvalue weighted by Crippen LogP contribution is 2.20. The summed E-state index contributed by atoms with van der Waals surface area (Å²) in [7, 11) is 1.41. The molecule has 6 heteroatoms. The number of nitrogens with zero attached hydrogens (tertiary/aromatic N) is 2. The van der Waals surface area contributed by atoms with Crippen LogP contribution in [0.4, 0.5) is 4.39 Å². The van der Waals surface area contributed by atoms with Gasteiger partial charge in [-0.15, -0.1) is 0 Å². The topological polar surface area (TPSA) is 56.1 Å². The van der Waals surface area contributed by atoms with Crippen molar-refractivity contribution in [3.05, 3.63) is 47.0 Å². The minimum atomic E-state index is -0.590. The number of nitrogens with one attached hydrogen (secondary N) is 1. The Labute approximate surface area is 135 Å². The molecule has 0 spiro atoms. The van der Waals surface area contributed by atoms with Crippen molar-refractivity contribution in [3.63, 3.8) is 0 Å². The van der Waals surface area contributed by atoms with E-state index in [0.717, 1.165) is 11.4 Å². The number of hydrogen-bond acceptors (Lipinski definition) is 3. The molecule has 0 saturated heterocycles. The average molecular weight is 319 g/mol. The van der Waals surface area contributed by atoms with Crippen LogP contribution < -0.4 is 10.1 Å². The Morgan fingerprint density at radius 1 is 1.43 bits per heavy atom. The molecule has 2 aromatic rings. The van der Waals surface area contributed by atoms with Crippen molar-refractivity contribution in [3.8, 4) is 5.75 Å². The van der Waals surface area contributed by atoms with Gasteiger partial charge in [0.25, 0.3) is 5.91 Å². The summed E-state index contributed by atoms with van der Waals surface area (Å²) in [6, 6.07) is 6.33. The van der Waals surface area contributed by atoms with Gasteiger partial charge in [-0.25, -0.2) is 4.39 Å². The molecule has 0 aliphatic carbocycles. The Balaban J connectivity index is 1.98. The number of carbonyl (C=O) groups is 1. The molecule has 0 aliphatic heterocycles. The summed E-state index contributed by atoms with van der Waals surface area (Å²) >= 11 is 0. The van der Waals surface area contributed by atoms with Crippen LogP contribution in [0.5, 0.6) is 5.75 Å². The molecule has 1 heterocycles. The molecular formula is C17H22FN3O2. The molecule has 5 nitrogen and oxygen atoms in total. The van der Waals surface area contributed by atoms with Crippen molar-refractivity contribution in [1.29, 1.82) is 0 Å². The summed E-state index contributed by atoms with van der Waals surface area (Å²) < 4.78 is 20.8. The van der Waals surface area contributed by atoms with Gasteiger partial charge in [0.15, 0.2) is 0 Å². The maximum absolute atomic E-state index is 13.9. The van der Waals surface area contributed by atoms with E-state index in [2.05, 4.69) is 10.4 Å². The third-order valence-electron chi connectivity index (χ3n) is 3.62. The lowest BCUT2D eigenvalue weighted by Crippen LogP contribution is -2.31. The summed E-state index contributed by atoms with van der Waals surface area (Å²) in [5.74, 6) is -0.670. The predicted molar refractivity (Wildman–Crippen MR) is 86.2 cm³/mol. The molecule has 2 rings (SSSR count). The van der Waals surface area contributed by atoms with Crippen LogP contribution in [-0.4, -0.2) is 29.3 Å². The zero-order valence-electron chi connectivity index (χ0n) is 13.9. The molecular weight excluding hydrogens is 297 g/mol. The maximum atomic E-state index is 13.9. The molecule has 0 radical (unpaired) electrons. The lowest BCUT2D eigenvalue weighted by molar-refractivity contribution is 0.0939. The number of hydrogen-bond donors (Lipinski definition) is 1. The molecule has 0 bridgehead atoms. The first-order valence-electron chi connectivity index (χ1n) is 7.54. The van der Waals surface area contributed by atoms with Gasteiger partial charge < -0.3 is 10.1 Å². The molecule has 1 aromatic heterocycles. The maximum Gasteiger partial charge on any atom is 0.258 e. The van der Waals surface area contributed by atoms with Crippen LogP contribution in [0.15, 0.2) is 24.3 Å². The Morgan fingerprint density at radius 2 is 2.17 bits per heavy atom. The summed E-state index contributed by atoms with van der Waals surface area (Å²) in [5.41, 5.74) is 1.99. The normalized spacial score (nSPS) is 12.0. The zero-order chi connectivity index (χ0) is 17.0. The second kappa shape index (κ2) is 7.26. The number of benzene rings is 1. The Hall–Kier alpha value is -2.37. The zero-order valence-corrected chi connectivity index (χ0v) is 13.9. The van der Waals surface area contributed by atoms with Gasteiger partial charge in [0.05, 0.1) is 12.8 Å². The first-order valence-corrected chi connectivity index (χ1v) is 7.54. The summed E-state index contributed by atoms with van der Waals surface area (Å²) in [4.78, 5) is 12.2. The van der Waals surface area contributed by atoms with E-state index >= 15 is 0 Å². The van der Waals surface area contributed by atoms with E-state index < -0.39 is 11.7 Å². The van der Waals surface area contributed by atoms with Gasteiger partial charge >= 0.3 is 0 Å². The number of halogens is 1. The molecule has 0 saturated carbocycles. The lowest BCUT2D eigenvalue weighted by atomic mass is 10.1. The van der Waals surface area contributed by atoms with E-state index in [9.17, 15) is 9.18 Å². The number of ether oxygens (including phenoxy) is 1. The summed E-state index contributed by atoms with van der Waals surface area (Å²) in [6.07, 6.45) is 0. The molecule has 1 amide bonds. The average Bonchev–Trinajstić information content (AvgIpc) is 2.82. The van der Waals surface area contributed by atoms with Crippen LogP contribution in [0.25, 0.3) is 0 Å². The second-order valence-electron chi connectivity index (χ2n) is 5.74. The van der Waals surface area contributed by atoms with Gasteiger partial charge in [-0.2, -0.15) is 5.10 Å². The number of rotatable bonds is 6. The molecule has 1 N–H and O–H groups in total. The van der Waals surface area contributed by atoms with Crippen LogP contribution >= 0.6 is 0 Å². The fourth-order valence-electron chi connectivity index (χ4n) is 2.47. The Bertz CT molecular complexity index is 697. The van der Waals surface area contributed by atoms with Gasteiger partial charge in [-0.3, -0.25) is 9.48 Å². The molecule has 1 atom stereocenters. The smallest absolute Gasteiger partial charge is 0.258 e. The third-order valence-corrected chi connectivity index (χ3v) is 3.62. The third kappa shape index (κ3) is 4.09. The van der Waals surface area contributed by atoms with Crippen molar-refractivity contribution >= 4 is 5.91 Å². The van der Waals surface area contributed by atoms with Gasteiger partial charge in [-0.05, 0) is 38.0 Å². The van der Waals surface area contributed by atoms with E-state index in [1.54, 1.807) is 6.07 Å². The number of amides is 1. The standard InChI is InChI=1S/C17H22FN3O2/c1-11(10-21-13(3)8-12(2)20-21)9-19-17(22)16-14(18)6-5-7-15(16)23-4/h5-8,11H,9-10H2,1-4H3,(H,19,22)/t11-/m0/s1. The number of aryl methyl sites for hydroxylation is 2. The van der Waals surface area contributed by atoms with Gasteiger partial charge in [0.2, 0.25) is 0 Å². The Morgan fingerprint density at radius 3 is 2.78 bits per heavy atom. The van der Waals surface area contributed by atoms with Crippen molar-refractivity contribution < 1.29 is 13.9 Å². The van der Waals surface area contributed by atoms with Crippen molar-refractivity contribution in [1.82, 2.24) is 15.1 Å². The summed E-state index contributed by atoms with van der Waals surface area (Å²) in [5, 5.41) is 7.16. The Kier molecular flexibility index (Phi) is 5.36. The minimum absolute atomic E-state index is 0.0617. The fraction of sp³-hybridized carbons (Fsp3) is 0.412. The van der Waals surface area contributed by atoms with Crippen molar-refractivity contribution in [2.24, 2.45) is 5.92 Å². The highest BCUT2D eigenvalue weighted by molar-refractivity contribution is 5.97. The van der Waals surface area contributed by atoms with Gasteiger partial charge in [0, 0.05) is 18.8 Å². The quantitative estimate of drug-likeness (QED) is 0.890. The van der Waals surface area contributed by atoms with E-state index in [1.807, 2.05) is 31.5 Å². The molecule has 0 fully saturated rings. The molecule has 1 aromatic carbocycles. The van der Waals surface area contributed by atoms with Crippen LogP contribution in [0.1, 0.15) is 28.7 Å². The SMILES string of the molecule is COc1cccc(F)c1C(=O)NC[C@H](C)Cn1nc(C)cc1C. The van der Waals surface area contributed by atoms with Gasteiger partial charge in [-0.1, -0.05) is 13.0 Å². The van der Waals surface area contributed by atoms with Crippen molar-refractivity contribution in [2.45, 2.75) is 27.3 Å². The lowest BCUT2D eigenvalue weighted by Gasteiger charge is -2.15. The molecule has 23 heavy (non-hydrogen) atoms. The molecule has 0 aliphatic rings. The van der Waals surface area contributed by atoms with E-state index in [0.29, 0.717) is 13.1 Å². The van der Waals surface area contributed by atoms with Crippen LogP contribution in [0.2, 0.25) is 0 Å². The fourth-order valence-corrected chi connectivity index (χ4v) is 2.47. The summed E-state index contributed by atoms with van der Waals surface area (Å²) in [6.45, 7) is 7.06.